The number of hydrogen-bond donors (Lipinski definition) is 0. The van der Waals surface area contributed by atoms with Crippen molar-refractivity contribution in [2.24, 2.45) is 0 Å². The van der Waals surface area contributed by atoms with Gasteiger partial charge in [-0.1, -0.05) is 39.8 Å². The monoisotopic (exact) mass is 308 g/mol. The summed E-state index contributed by atoms with van der Waals surface area (Å²) in [5, 5.41) is 1.12. The Labute approximate surface area is 138 Å². The Morgan fingerprint density at radius 3 is 2.35 bits per heavy atom. The molecule has 0 N–H and O–H groups in total. The van der Waals surface area contributed by atoms with Crippen LogP contribution in [0, 0.1) is 0 Å². The number of methoxy groups -OCH3 is 1. The van der Waals surface area contributed by atoms with Gasteiger partial charge in [-0.2, -0.15) is 0 Å². The molecule has 3 rings (SSSR count). The highest BCUT2D eigenvalue weighted by Gasteiger charge is 2.17. The Kier molecular flexibility index (Phi) is 4.16. The van der Waals surface area contributed by atoms with Crippen molar-refractivity contribution >= 4 is 11.0 Å². The highest BCUT2D eigenvalue weighted by atomic mass is 16.5. The molecule has 2 nitrogen and oxygen atoms in total. The third-order valence-corrected chi connectivity index (χ3v) is 4.40. The molecule has 0 amide bonds. The van der Waals surface area contributed by atoms with Gasteiger partial charge in [0, 0.05) is 10.9 Å². The zero-order valence-electron chi connectivity index (χ0n) is 14.5. The molecule has 3 aromatic rings. The van der Waals surface area contributed by atoms with Crippen LogP contribution in [0.3, 0.4) is 0 Å². The Morgan fingerprint density at radius 2 is 1.70 bits per heavy atom. The SMILES string of the molecule is COc1c(-c2ccc3occc3c2)cc(C(C)C)cc1C(C)C. The molecule has 0 aliphatic rings. The summed E-state index contributed by atoms with van der Waals surface area (Å²) in [7, 11) is 1.76. The van der Waals surface area contributed by atoms with E-state index in [1.807, 2.05) is 12.1 Å². The Morgan fingerprint density at radius 1 is 0.913 bits per heavy atom. The van der Waals surface area contributed by atoms with Crippen LogP contribution in [0.2, 0.25) is 0 Å². The van der Waals surface area contributed by atoms with E-state index >= 15 is 0 Å². The predicted octanol–water partition coefficient (Wildman–Crippen LogP) is 6.36. The molecule has 0 fully saturated rings. The molecule has 0 aliphatic heterocycles. The molecule has 1 heterocycles. The molecule has 0 radical (unpaired) electrons. The third kappa shape index (κ3) is 2.86. The highest BCUT2D eigenvalue weighted by Crippen LogP contribution is 2.40. The Balaban J connectivity index is 2.26. The summed E-state index contributed by atoms with van der Waals surface area (Å²) in [5.74, 6) is 1.88. The first-order valence-corrected chi connectivity index (χ1v) is 8.20. The summed E-state index contributed by atoms with van der Waals surface area (Å²) >= 11 is 0. The van der Waals surface area contributed by atoms with Crippen LogP contribution in [0.1, 0.15) is 50.7 Å². The van der Waals surface area contributed by atoms with Gasteiger partial charge in [-0.15, -0.1) is 0 Å². The van der Waals surface area contributed by atoms with Gasteiger partial charge in [-0.25, -0.2) is 0 Å². The van der Waals surface area contributed by atoms with Gasteiger partial charge >= 0.3 is 0 Å². The first kappa shape index (κ1) is 15.7. The molecule has 0 atom stereocenters. The zero-order valence-corrected chi connectivity index (χ0v) is 14.5. The zero-order chi connectivity index (χ0) is 16.6. The maximum atomic E-state index is 5.80. The lowest BCUT2D eigenvalue weighted by Gasteiger charge is -2.20. The van der Waals surface area contributed by atoms with Gasteiger partial charge in [0.25, 0.3) is 0 Å². The minimum Gasteiger partial charge on any atom is -0.496 e. The fraction of sp³-hybridized carbons (Fsp3) is 0.333. The fourth-order valence-electron chi connectivity index (χ4n) is 3.01. The molecule has 0 spiro atoms. The highest BCUT2D eigenvalue weighted by molar-refractivity contribution is 5.85. The van der Waals surface area contributed by atoms with Crippen molar-refractivity contribution in [3.05, 3.63) is 53.8 Å². The summed E-state index contributed by atoms with van der Waals surface area (Å²) in [6.07, 6.45) is 1.73. The van der Waals surface area contributed by atoms with Crippen molar-refractivity contribution in [2.45, 2.75) is 39.5 Å². The second kappa shape index (κ2) is 6.11. The quantitative estimate of drug-likeness (QED) is 0.560. The van der Waals surface area contributed by atoms with Crippen LogP contribution < -0.4 is 4.74 Å². The van der Waals surface area contributed by atoms with Crippen molar-refractivity contribution in [1.29, 1.82) is 0 Å². The van der Waals surface area contributed by atoms with E-state index in [0.717, 1.165) is 22.3 Å². The molecule has 0 unspecified atom stereocenters. The molecule has 0 aliphatic carbocycles. The van der Waals surface area contributed by atoms with Gasteiger partial charge in [0.05, 0.1) is 13.4 Å². The normalized spacial score (nSPS) is 11.6. The number of rotatable bonds is 4. The molecular formula is C21H24O2. The molecule has 0 saturated heterocycles. The van der Waals surface area contributed by atoms with E-state index in [1.54, 1.807) is 13.4 Å². The predicted molar refractivity (Wildman–Crippen MR) is 96.4 cm³/mol. The van der Waals surface area contributed by atoms with Crippen LogP contribution in [0.25, 0.3) is 22.1 Å². The molecule has 2 aromatic carbocycles. The van der Waals surface area contributed by atoms with Gasteiger partial charge in [0.15, 0.2) is 0 Å². The van der Waals surface area contributed by atoms with Gasteiger partial charge < -0.3 is 9.15 Å². The smallest absolute Gasteiger partial charge is 0.133 e. The lowest BCUT2D eigenvalue weighted by Crippen LogP contribution is -2.00. The topological polar surface area (TPSA) is 22.4 Å². The molecule has 23 heavy (non-hydrogen) atoms. The molecular weight excluding hydrogens is 284 g/mol. The summed E-state index contributed by atoms with van der Waals surface area (Å²) in [4.78, 5) is 0. The number of benzene rings is 2. The van der Waals surface area contributed by atoms with Crippen molar-refractivity contribution in [1.82, 2.24) is 0 Å². The Hall–Kier alpha value is -2.22. The standard InChI is InChI=1S/C21H24O2/c1-13(2)17-11-18(14(3)4)21(22-5)19(12-17)15-6-7-20-16(10-15)8-9-23-20/h6-14H,1-5H3. The summed E-state index contributed by atoms with van der Waals surface area (Å²) in [5.41, 5.74) is 5.85. The van der Waals surface area contributed by atoms with Crippen molar-refractivity contribution < 1.29 is 9.15 Å². The van der Waals surface area contributed by atoms with Gasteiger partial charge in [0.1, 0.15) is 11.3 Å². The number of ether oxygens (including phenoxy) is 1. The molecule has 1 aromatic heterocycles. The average Bonchev–Trinajstić information content (AvgIpc) is 3.00. The summed E-state index contributed by atoms with van der Waals surface area (Å²) in [6, 6.07) is 12.9. The second-order valence-corrected chi connectivity index (χ2v) is 6.67. The van der Waals surface area contributed by atoms with Gasteiger partial charge in [-0.3, -0.25) is 0 Å². The van der Waals surface area contributed by atoms with E-state index in [1.165, 1.54) is 16.7 Å². The lowest BCUT2D eigenvalue weighted by atomic mass is 9.89. The molecule has 0 saturated carbocycles. The average molecular weight is 308 g/mol. The van der Waals surface area contributed by atoms with E-state index in [-0.39, 0.29) is 0 Å². The molecule has 2 heteroatoms. The number of hydrogen-bond acceptors (Lipinski definition) is 2. The third-order valence-electron chi connectivity index (χ3n) is 4.40. The first-order valence-electron chi connectivity index (χ1n) is 8.20. The van der Waals surface area contributed by atoms with E-state index in [4.69, 9.17) is 9.15 Å². The number of fused-ring (bicyclic) bond motifs is 1. The fourth-order valence-corrected chi connectivity index (χ4v) is 3.01. The van der Waals surface area contributed by atoms with E-state index in [2.05, 4.69) is 52.0 Å². The van der Waals surface area contributed by atoms with Crippen molar-refractivity contribution in [3.8, 4) is 16.9 Å². The second-order valence-electron chi connectivity index (χ2n) is 6.67. The lowest BCUT2D eigenvalue weighted by molar-refractivity contribution is 0.409. The van der Waals surface area contributed by atoms with Crippen LogP contribution in [0.15, 0.2) is 47.1 Å². The molecule has 120 valence electrons. The van der Waals surface area contributed by atoms with E-state index in [9.17, 15) is 0 Å². The van der Waals surface area contributed by atoms with Crippen LogP contribution >= 0.6 is 0 Å². The Bertz CT molecular complexity index is 825. The minimum atomic E-state index is 0.417. The van der Waals surface area contributed by atoms with Crippen LogP contribution in [-0.2, 0) is 0 Å². The molecule has 0 bridgehead atoms. The van der Waals surface area contributed by atoms with Gasteiger partial charge in [0.2, 0.25) is 0 Å². The van der Waals surface area contributed by atoms with Gasteiger partial charge in [-0.05, 0) is 52.8 Å². The summed E-state index contributed by atoms with van der Waals surface area (Å²) < 4.78 is 11.3. The van der Waals surface area contributed by atoms with Crippen LogP contribution in [0.4, 0.5) is 0 Å². The first-order chi connectivity index (χ1) is 11.0. The summed E-state index contributed by atoms with van der Waals surface area (Å²) in [6.45, 7) is 8.89. The van der Waals surface area contributed by atoms with E-state index < -0.39 is 0 Å². The maximum absolute atomic E-state index is 5.80. The van der Waals surface area contributed by atoms with Crippen LogP contribution in [0.5, 0.6) is 5.75 Å². The van der Waals surface area contributed by atoms with Crippen molar-refractivity contribution in [2.75, 3.05) is 7.11 Å². The maximum Gasteiger partial charge on any atom is 0.133 e. The largest absolute Gasteiger partial charge is 0.496 e. The van der Waals surface area contributed by atoms with Crippen LogP contribution in [-0.4, -0.2) is 7.11 Å². The number of furan rings is 1. The minimum absolute atomic E-state index is 0.417. The van der Waals surface area contributed by atoms with E-state index in [0.29, 0.717) is 11.8 Å². The van der Waals surface area contributed by atoms with Crippen molar-refractivity contribution in [3.63, 3.8) is 0 Å².